The summed E-state index contributed by atoms with van der Waals surface area (Å²) >= 11 is -0.828. The van der Waals surface area contributed by atoms with E-state index in [1.54, 1.807) is 0 Å². The van der Waals surface area contributed by atoms with Crippen LogP contribution in [0.3, 0.4) is 0 Å². The van der Waals surface area contributed by atoms with Gasteiger partial charge in [-0.05, 0) is 0 Å². The summed E-state index contributed by atoms with van der Waals surface area (Å²) in [6.07, 6.45) is 0. The lowest BCUT2D eigenvalue weighted by Crippen LogP contribution is -2.23. The van der Waals surface area contributed by atoms with E-state index in [-0.39, 0.29) is 6.04 Å². The van der Waals surface area contributed by atoms with Crippen LogP contribution in [0.1, 0.15) is 0 Å². The van der Waals surface area contributed by atoms with Gasteiger partial charge in [0.15, 0.2) is 5.75 Å². The molecule has 1 saturated heterocycles. The monoisotopic (exact) mass is 122 g/mol. The summed E-state index contributed by atoms with van der Waals surface area (Å²) < 4.78 is 13.3. The summed E-state index contributed by atoms with van der Waals surface area (Å²) in [5.41, 5.74) is 5.35. The highest BCUT2D eigenvalue weighted by molar-refractivity contribution is 7.87. The van der Waals surface area contributed by atoms with E-state index >= 15 is 0 Å². The second-order valence-corrected chi connectivity index (χ2v) is 2.74. The number of rotatable bonds is 0. The molecule has 1 aliphatic rings. The van der Waals surface area contributed by atoms with Crippen LogP contribution in [0.15, 0.2) is 0 Å². The first kappa shape index (κ1) is 5.37. The van der Waals surface area contributed by atoms with Crippen molar-refractivity contribution in [1.82, 2.24) is 0 Å². The highest BCUT2D eigenvalue weighted by Crippen LogP contribution is 2.04. The first-order chi connectivity index (χ1) is 3.29. The Morgan fingerprint density at radius 1 is 1.86 bits per heavy atom. The minimum absolute atomic E-state index is 0.0633. The Morgan fingerprint density at radius 3 is 2.71 bits per heavy atom. The Labute approximate surface area is 45.2 Å². The van der Waals surface area contributed by atoms with E-state index in [0.717, 1.165) is 0 Å². The smallest absolute Gasteiger partial charge is 0.314 e. The van der Waals surface area contributed by atoms with Crippen molar-refractivity contribution in [2.45, 2.75) is 6.04 Å². The van der Waals surface area contributed by atoms with Crippen molar-refractivity contribution >= 4 is 11.5 Å². The maximum Gasteiger partial charge on any atom is 0.314 e. The van der Waals surface area contributed by atoms with Crippen molar-refractivity contribution in [2.24, 2.45) is 5.73 Å². The number of hydrogen-bond acceptors (Lipinski definition) is 3. The molecule has 0 aromatic carbocycles. The third-order valence-electron chi connectivity index (χ3n) is 0.775. The summed E-state index contributed by atoms with van der Waals surface area (Å²) in [7, 11) is 0. The molecule has 3 N–H and O–H groups in total. The van der Waals surface area contributed by atoms with Crippen molar-refractivity contribution in [2.75, 3.05) is 12.4 Å². The van der Waals surface area contributed by atoms with E-state index < -0.39 is 11.5 Å². The van der Waals surface area contributed by atoms with Crippen LogP contribution in [0, 0.1) is 0 Å². The quantitative estimate of drug-likeness (QED) is 0.420. The topological polar surface area (TPSA) is 55.5 Å². The lowest BCUT2D eigenvalue weighted by molar-refractivity contribution is 0.345. The maximum absolute atomic E-state index is 8.63. The average Bonchev–Trinajstić information content (AvgIpc) is 1.87. The summed E-state index contributed by atoms with van der Waals surface area (Å²) in [4.78, 5) is 0. The van der Waals surface area contributed by atoms with Gasteiger partial charge in [-0.2, -0.15) is 4.55 Å². The van der Waals surface area contributed by atoms with Crippen molar-refractivity contribution in [3.63, 3.8) is 0 Å². The van der Waals surface area contributed by atoms with Gasteiger partial charge in [-0.25, -0.2) is 0 Å². The molecule has 0 aliphatic carbocycles. The van der Waals surface area contributed by atoms with Gasteiger partial charge in [0.05, 0.1) is 6.04 Å². The van der Waals surface area contributed by atoms with Gasteiger partial charge in [0, 0.05) is 0 Å². The molecule has 3 nitrogen and oxygen atoms in total. The lowest BCUT2D eigenvalue weighted by Gasteiger charge is -1.83. The zero-order valence-electron chi connectivity index (χ0n) is 3.83. The van der Waals surface area contributed by atoms with Gasteiger partial charge in [-0.15, -0.1) is 4.18 Å². The van der Waals surface area contributed by atoms with Gasteiger partial charge in [0.25, 0.3) is 0 Å². The fraction of sp³-hybridized carbons (Fsp3) is 1.00. The standard InChI is InChI=1S/C3H8NO2S/c4-3-1-6-7(5)2-3/h3,5H,1-2,4H2/q+1. The van der Waals surface area contributed by atoms with Crippen LogP contribution < -0.4 is 5.73 Å². The Bertz CT molecular complexity index is 62.0. The highest BCUT2D eigenvalue weighted by atomic mass is 32.2. The second kappa shape index (κ2) is 2.00. The van der Waals surface area contributed by atoms with E-state index in [0.29, 0.717) is 12.4 Å². The van der Waals surface area contributed by atoms with Gasteiger partial charge < -0.3 is 5.73 Å². The highest BCUT2D eigenvalue weighted by Gasteiger charge is 2.31. The Hall–Kier alpha value is 0.230. The average molecular weight is 122 g/mol. The zero-order valence-corrected chi connectivity index (χ0v) is 4.65. The number of hydrogen-bond donors (Lipinski definition) is 2. The summed E-state index contributed by atoms with van der Waals surface area (Å²) in [6.45, 7) is 0.514. The third kappa shape index (κ3) is 1.31. The fourth-order valence-electron chi connectivity index (χ4n) is 0.445. The molecule has 1 fully saturated rings. The second-order valence-electron chi connectivity index (χ2n) is 1.53. The Morgan fingerprint density at radius 2 is 2.57 bits per heavy atom. The van der Waals surface area contributed by atoms with Gasteiger partial charge in [0.2, 0.25) is 0 Å². The predicted octanol–water partition coefficient (Wildman–Crippen LogP) is -0.650. The molecule has 42 valence electrons. The first-order valence-electron chi connectivity index (χ1n) is 2.08. The van der Waals surface area contributed by atoms with E-state index in [1.807, 2.05) is 0 Å². The minimum Gasteiger partial charge on any atom is -0.321 e. The molecule has 1 aliphatic heterocycles. The van der Waals surface area contributed by atoms with Crippen LogP contribution >= 0.6 is 0 Å². The van der Waals surface area contributed by atoms with Crippen LogP contribution in [0.25, 0.3) is 0 Å². The van der Waals surface area contributed by atoms with Gasteiger partial charge in [0.1, 0.15) is 6.61 Å². The van der Waals surface area contributed by atoms with Gasteiger partial charge in [-0.3, -0.25) is 0 Å². The normalized spacial score (nSPS) is 42.0. The van der Waals surface area contributed by atoms with E-state index in [2.05, 4.69) is 0 Å². The third-order valence-corrected chi connectivity index (χ3v) is 1.90. The molecule has 7 heavy (non-hydrogen) atoms. The molecular formula is C3H8NO2S+. The molecule has 0 bridgehead atoms. The molecular weight excluding hydrogens is 114 g/mol. The molecule has 4 heteroatoms. The van der Waals surface area contributed by atoms with Crippen molar-refractivity contribution in [1.29, 1.82) is 0 Å². The predicted molar refractivity (Wildman–Crippen MR) is 28.8 cm³/mol. The van der Waals surface area contributed by atoms with E-state index in [1.165, 1.54) is 0 Å². The largest absolute Gasteiger partial charge is 0.321 e. The zero-order chi connectivity index (χ0) is 5.28. The van der Waals surface area contributed by atoms with Gasteiger partial charge in [-0.1, -0.05) is 0 Å². The molecule has 0 radical (unpaired) electrons. The van der Waals surface area contributed by atoms with Gasteiger partial charge >= 0.3 is 11.5 Å². The Balaban J connectivity index is 2.26. The molecule has 2 unspecified atom stereocenters. The maximum atomic E-state index is 8.63. The molecule has 0 aromatic rings. The van der Waals surface area contributed by atoms with Crippen LogP contribution in [0.5, 0.6) is 0 Å². The van der Waals surface area contributed by atoms with Crippen molar-refractivity contribution < 1.29 is 8.74 Å². The van der Waals surface area contributed by atoms with Crippen molar-refractivity contribution in [3.05, 3.63) is 0 Å². The summed E-state index contributed by atoms with van der Waals surface area (Å²) in [5.74, 6) is 0.611. The van der Waals surface area contributed by atoms with Crippen molar-refractivity contribution in [3.8, 4) is 0 Å². The molecule has 0 amide bonds. The van der Waals surface area contributed by atoms with E-state index in [4.69, 9.17) is 14.5 Å². The first-order valence-corrected chi connectivity index (χ1v) is 3.35. The molecule has 0 aromatic heterocycles. The number of nitrogens with two attached hydrogens (primary N) is 1. The SMILES string of the molecule is NC1CO[S+](O)C1. The summed E-state index contributed by atoms with van der Waals surface area (Å²) in [6, 6.07) is 0.0633. The molecule has 0 saturated carbocycles. The van der Waals surface area contributed by atoms with Crippen LogP contribution in [-0.2, 0) is 15.6 Å². The van der Waals surface area contributed by atoms with E-state index in [9.17, 15) is 0 Å². The molecule has 1 rings (SSSR count). The Kier molecular flexibility index (Phi) is 1.53. The minimum atomic E-state index is -0.828. The summed E-state index contributed by atoms with van der Waals surface area (Å²) in [5, 5.41) is 0. The molecule has 1 heterocycles. The van der Waals surface area contributed by atoms with Crippen LogP contribution in [0.4, 0.5) is 0 Å². The molecule has 0 spiro atoms. The van der Waals surface area contributed by atoms with Crippen LogP contribution in [-0.4, -0.2) is 23.0 Å². The van der Waals surface area contributed by atoms with Crippen LogP contribution in [0.2, 0.25) is 0 Å². The molecule has 2 atom stereocenters. The fourth-order valence-corrected chi connectivity index (χ4v) is 1.34. The lowest BCUT2D eigenvalue weighted by atomic mass is 10.4.